The van der Waals surface area contributed by atoms with Gasteiger partial charge in [-0.3, -0.25) is 9.59 Å². The van der Waals surface area contributed by atoms with E-state index in [-0.39, 0.29) is 12.0 Å². The maximum absolute atomic E-state index is 12.7. The van der Waals surface area contributed by atoms with Crippen LogP contribution in [0.5, 0.6) is 0 Å². The summed E-state index contributed by atoms with van der Waals surface area (Å²) < 4.78 is 4.74. The quantitative estimate of drug-likeness (QED) is 0.316. The number of methoxy groups -OCH3 is 1. The normalized spacial score (nSPS) is 12.7. The first-order valence-electron chi connectivity index (χ1n) is 7.55. The molecule has 2 rings (SSSR count). The Labute approximate surface area is 144 Å². The van der Waals surface area contributed by atoms with Crippen LogP contribution in [-0.4, -0.2) is 30.1 Å². The Morgan fingerprint density at radius 3 is 2.12 bits per heavy atom. The second-order valence-electron chi connectivity index (χ2n) is 5.30. The predicted octanol–water partition coefficient (Wildman–Crippen LogP) is 2.48. The van der Waals surface area contributed by atoms with E-state index in [0.717, 1.165) is 12.7 Å². The van der Waals surface area contributed by atoms with Gasteiger partial charge in [0.25, 0.3) is 5.09 Å². The highest BCUT2D eigenvalue weighted by Gasteiger charge is 2.38. The van der Waals surface area contributed by atoms with Crippen LogP contribution in [0.1, 0.15) is 15.9 Å². The van der Waals surface area contributed by atoms with Crippen LogP contribution in [0, 0.1) is 16.0 Å². The third kappa shape index (κ3) is 4.87. The number of hydrogen-bond acceptors (Lipinski definition) is 6. The number of esters is 1. The minimum Gasteiger partial charge on any atom is -0.469 e. The number of Topliss-reactive ketones (excluding diaryl/α,β-unsaturated/α-hetero) is 1. The van der Waals surface area contributed by atoms with Gasteiger partial charge in [-0.05, 0) is 12.0 Å². The number of benzene rings is 2. The zero-order valence-electron chi connectivity index (χ0n) is 13.5. The van der Waals surface area contributed by atoms with Crippen LogP contribution < -0.4 is 0 Å². The van der Waals surface area contributed by atoms with Gasteiger partial charge < -0.3 is 9.57 Å². The Hall–Kier alpha value is -3.22. The number of carbonyl (C=O) groups excluding carboxylic acids is 2. The molecule has 0 amide bonds. The Kier molecular flexibility index (Phi) is 6.22. The van der Waals surface area contributed by atoms with Crippen LogP contribution >= 0.6 is 0 Å². The molecule has 0 saturated heterocycles. The largest absolute Gasteiger partial charge is 0.469 e. The summed E-state index contributed by atoms with van der Waals surface area (Å²) in [6.07, 6.45) is -1.52. The average molecular weight is 343 g/mol. The van der Waals surface area contributed by atoms with Crippen LogP contribution in [0.2, 0.25) is 0 Å². The molecule has 0 radical (unpaired) electrons. The van der Waals surface area contributed by atoms with Gasteiger partial charge in [-0.15, -0.1) is 10.1 Å². The highest BCUT2D eigenvalue weighted by Crippen LogP contribution is 2.21. The summed E-state index contributed by atoms with van der Waals surface area (Å²) in [6, 6.07) is 16.8. The van der Waals surface area contributed by atoms with E-state index < -0.39 is 28.9 Å². The third-order valence-corrected chi connectivity index (χ3v) is 3.68. The highest BCUT2D eigenvalue weighted by molar-refractivity contribution is 6.01. The van der Waals surface area contributed by atoms with Gasteiger partial charge in [0.05, 0.1) is 13.0 Å². The van der Waals surface area contributed by atoms with Crippen molar-refractivity contribution >= 4 is 11.8 Å². The monoisotopic (exact) mass is 343 g/mol. The number of rotatable bonds is 8. The van der Waals surface area contributed by atoms with E-state index in [1.165, 1.54) is 12.1 Å². The third-order valence-electron chi connectivity index (χ3n) is 3.68. The van der Waals surface area contributed by atoms with Crippen LogP contribution in [0.25, 0.3) is 0 Å². The van der Waals surface area contributed by atoms with E-state index in [9.17, 15) is 19.7 Å². The van der Waals surface area contributed by atoms with Crippen molar-refractivity contribution in [3.8, 4) is 0 Å². The molecule has 2 aromatic rings. The molecular weight excluding hydrogens is 326 g/mol. The van der Waals surface area contributed by atoms with Crippen molar-refractivity contribution in [1.29, 1.82) is 0 Å². The molecule has 0 spiro atoms. The SMILES string of the molecule is COC(=O)C(Cc1ccccc1)C(O[N+](=O)[O-])C(=O)c1ccccc1. The van der Waals surface area contributed by atoms with E-state index in [4.69, 9.17) is 4.74 Å². The summed E-state index contributed by atoms with van der Waals surface area (Å²) in [5.74, 6) is -2.55. The van der Waals surface area contributed by atoms with Crippen molar-refractivity contribution in [1.82, 2.24) is 0 Å². The molecule has 0 aliphatic carbocycles. The fraction of sp³-hybridized carbons (Fsp3) is 0.222. The summed E-state index contributed by atoms with van der Waals surface area (Å²) >= 11 is 0. The predicted molar refractivity (Wildman–Crippen MR) is 88.3 cm³/mol. The second-order valence-corrected chi connectivity index (χ2v) is 5.30. The number of ether oxygens (including phenoxy) is 1. The molecule has 130 valence electrons. The summed E-state index contributed by atoms with van der Waals surface area (Å²) in [5, 5.41) is 9.83. The molecule has 0 aliphatic rings. The standard InChI is InChI=1S/C18H17NO6/c1-24-18(21)15(12-13-8-4-2-5-9-13)17(25-19(22)23)16(20)14-10-6-3-7-11-14/h2-11,15,17H,12H2,1H3. The molecule has 0 bridgehead atoms. The Bertz CT molecular complexity index is 732. The average Bonchev–Trinajstić information content (AvgIpc) is 2.64. The van der Waals surface area contributed by atoms with Crippen LogP contribution in [0.15, 0.2) is 60.7 Å². The molecule has 2 atom stereocenters. The summed E-state index contributed by atoms with van der Waals surface area (Å²) in [5.41, 5.74) is 0.951. The Balaban J connectivity index is 2.37. The minimum absolute atomic E-state index is 0.0740. The topological polar surface area (TPSA) is 95.7 Å². The van der Waals surface area contributed by atoms with E-state index in [1.807, 2.05) is 0 Å². The van der Waals surface area contributed by atoms with E-state index in [1.54, 1.807) is 48.5 Å². The first-order chi connectivity index (χ1) is 12.0. The second kappa shape index (κ2) is 8.58. The maximum atomic E-state index is 12.7. The summed E-state index contributed by atoms with van der Waals surface area (Å²) in [4.78, 5) is 40.4. The van der Waals surface area contributed by atoms with Gasteiger partial charge in [0, 0.05) is 5.56 Å². The lowest BCUT2D eigenvalue weighted by Gasteiger charge is -2.22. The Morgan fingerprint density at radius 2 is 1.60 bits per heavy atom. The van der Waals surface area contributed by atoms with E-state index in [2.05, 4.69) is 4.84 Å². The summed E-state index contributed by atoms with van der Waals surface area (Å²) in [7, 11) is 1.16. The van der Waals surface area contributed by atoms with Crippen molar-refractivity contribution in [2.45, 2.75) is 12.5 Å². The maximum Gasteiger partial charge on any atom is 0.311 e. The van der Waals surface area contributed by atoms with Crippen molar-refractivity contribution in [3.63, 3.8) is 0 Å². The van der Waals surface area contributed by atoms with Gasteiger partial charge in [0.1, 0.15) is 0 Å². The lowest BCUT2D eigenvalue weighted by atomic mass is 9.89. The molecule has 0 heterocycles. The molecule has 0 N–H and O–H groups in total. The molecular formula is C18H17NO6. The molecule has 2 aromatic carbocycles. The lowest BCUT2D eigenvalue weighted by Crippen LogP contribution is -2.40. The van der Waals surface area contributed by atoms with Crippen LogP contribution in [0.3, 0.4) is 0 Å². The van der Waals surface area contributed by atoms with Gasteiger partial charge >= 0.3 is 5.97 Å². The molecule has 0 saturated carbocycles. The first-order valence-corrected chi connectivity index (χ1v) is 7.55. The molecule has 25 heavy (non-hydrogen) atoms. The number of ketones is 1. The molecule has 0 aliphatic heterocycles. The fourth-order valence-corrected chi connectivity index (χ4v) is 2.50. The van der Waals surface area contributed by atoms with Crippen LogP contribution in [-0.2, 0) is 20.8 Å². The van der Waals surface area contributed by atoms with Gasteiger partial charge in [0.15, 0.2) is 11.9 Å². The fourth-order valence-electron chi connectivity index (χ4n) is 2.50. The van der Waals surface area contributed by atoms with Crippen molar-refractivity contribution < 1.29 is 24.3 Å². The zero-order valence-corrected chi connectivity index (χ0v) is 13.5. The van der Waals surface area contributed by atoms with Gasteiger partial charge in [0.2, 0.25) is 0 Å². The van der Waals surface area contributed by atoms with Crippen LogP contribution in [0.4, 0.5) is 0 Å². The van der Waals surface area contributed by atoms with Gasteiger partial charge in [-0.25, -0.2) is 0 Å². The first kappa shape index (κ1) is 18.1. The molecule has 2 unspecified atom stereocenters. The van der Waals surface area contributed by atoms with E-state index in [0.29, 0.717) is 0 Å². The molecule has 0 aromatic heterocycles. The van der Waals surface area contributed by atoms with Gasteiger partial charge in [-0.2, -0.15) is 0 Å². The number of carbonyl (C=O) groups is 2. The van der Waals surface area contributed by atoms with E-state index >= 15 is 0 Å². The highest BCUT2D eigenvalue weighted by atomic mass is 17.0. The van der Waals surface area contributed by atoms with Gasteiger partial charge in [-0.1, -0.05) is 60.7 Å². The lowest BCUT2D eigenvalue weighted by molar-refractivity contribution is -0.765. The minimum atomic E-state index is -1.59. The van der Waals surface area contributed by atoms with Crippen molar-refractivity contribution in [3.05, 3.63) is 81.9 Å². The number of nitrogens with zero attached hydrogens (tertiary/aromatic N) is 1. The Morgan fingerprint density at radius 1 is 1.04 bits per heavy atom. The number of hydrogen-bond donors (Lipinski definition) is 0. The smallest absolute Gasteiger partial charge is 0.311 e. The zero-order chi connectivity index (χ0) is 18.2. The van der Waals surface area contributed by atoms with Crippen molar-refractivity contribution in [2.75, 3.05) is 7.11 Å². The summed E-state index contributed by atoms with van der Waals surface area (Å²) in [6.45, 7) is 0. The van der Waals surface area contributed by atoms with Crippen molar-refractivity contribution in [2.24, 2.45) is 5.92 Å². The molecule has 0 fully saturated rings. The molecule has 7 nitrogen and oxygen atoms in total. The molecule has 7 heteroatoms.